The highest BCUT2D eigenvalue weighted by Crippen LogP contribution is 2.21. The molecule has 0 aromatic carbocycles. The van der Waals surface area contributed by atoms with Gasteiger partial charge in [0.2, 0.25) is 0 Å². The van der Waals surface area contributed by atoms with Gasteiger partial charge < -0.3 is 0 Å². The number of nitrogens with zero attached hydrogens (tertiary/aromatic N) is 2. The Hall–Kier alpha value is -0.800. The summed E-state index contributed by atoms with van der Waals surface area (Å²) in [5.41, 5.74) is 0. The lowest BCUT2D eigenvalue weighted by molar-refractivity contribution is 0.343. The minimum Gasteiger partial charge on any atom is -0.287 e. The molecule has 0 bridgehead atoms. The van der Waals surface area contributed by atoms with Crippen molar-refractivity contribution in [3.8, 4) is 0 Å². The van der Waals surface area contributed by atoms with Gasteiger partial charge in [-0.2, -0.15) is 0 Å². The first kappa shape index (κ1) is 12.3. The average molecular weight is 222 g/mol. The normalized spacial score (nSPS) is 22.8. The molecule has 3 heteroatoms. The molecule has 0 saturated carbocycles. The van der Waals surface area contributed by atoms with Crippen molar-refractivity contribution in [3.63, 3.8) is 0 Å². The second-order valence-corrected chi connectivity index (χ2v) is 4.27. The lowest BCUT2D eigenvalue weighted by atomic mass is 10.2. The van der Waals surface area contributed by atoms with Crippen molar-refractivity contribution < 1.29 is 0 Å². The van der Waals surface area contributed by atoms with E-state index in [2.05, 4.69) is 29.3 Å². The van der Waals surface area contributed by atoms with Gasteiger partial charge in [0.05, 0.1) is 0 Å². The van der Waals surface area contributed by atoms with Crippen LogP contribution in [0.2, 0.25) is 0 Å². The maximum absolute atomic E-state index is 3.69. The summed E-state index contributed by atoms with van der Waals surface area (Å²) >= 11 is 1.76. The van der Waals surface area contributed by atoms with Gasteiger partial charge in [-0.1, -0.05) is 24.8 Å². The monoisotopic (exact) mass is 222 g/mol. The highest BCUT2D eigenvalue weighted by Gasteiger charge is 2.20. The molecule has 1 aliphatic heterocycles. The summed E-state index contributed by atoms with van der Waals surface area (Å²) in [7, 11) is 0. The summed E-state index contributed by atoms with van der Waals surface area (Å²) in [4.78, 5) is 6.14. The van der Waals surface area contributed by atoms with E-state index in [4.69, 9.17) is 0 Å². The molecule has 82 valence electrons. The molecule has 1 atom stereocenters. The van der Waals surface area contributed by atoms with E-state index in [9.17, 15) is 0 Å². The first-order valence-corrected chi connectivity index (χ1v) is 6.19. The van der Waals surface area contributed by atoms with Crippen LogP contribution in [0.4, 0.5) is 0 Å². The molecule has 1 rings (SSSR count). The van der Waals surface area contributed by atoms with Crippen LogP contribution in [0, 0.1) is 0 Å². The molecule has 1 saturated heterocycles. The molecule has 0 N–H and O–H groups in total. The molecule has 0 aliphatic carbocycles. The van der Waals surface area contributed by atoms with Gasteiger partial charge in [-0.3, -0.25) is 9.89 Å². The third-order valence-electron chi connectivity index (χ3n) is 2.39. The van der Waals surface area contributed by atoms with Crippen LogP contribution < -0.4 is 0 Å². The van der Waals surface area contributed by atoms with Gasteiger partial charge in [0.1, 0.15) is 0 Å². The third kappa shape index (κ3) is 4.49. The Morgan fingerprint density at radius 3 is 3.13 bits per heavy atom. The van der Waals surface area contributed by atoms with E-state index < -0.39 is 0 Å². The van der Waals surface area contributed by atoms with Crippen LogP contribution in [0.1, 0.15) is 12.8 Å². The average Bonchev–Trinajstić information content (AvgIpc) is 2.69. The minimum absolute atomic E-state index is 0.584. The van der Waals surface area contributed by atoms with Gasteiger partial charge in [0, 0.05) is 18.1 Å². The molecule has 0 radical (unpaired) electrons. The first-order chi connectivity index (χ1) is 7.38. The van der Waals surface area contributed by atoms with Crippen molar-refractivity contribution in [2.45, 2.75) is 18.9 Å². The summed E-state index contributed by atoms with van der Waals surface area (Å²) in [6.07, 6.45) is 10.4. The topological polar surface area (TPSA) is 15.6 Å². The smallest absolute Gasteiger partial charge is 0.0492 e. The van der Waals surface area contributed by atoms with Gasteiger partial charge >= 0.3 is 0 Å². The summed E-state index contributed by atoms with van der Waals surface area (Å²) < 4.78 is 0. The Kier molecular flexibility index (Phi) is 6.12. The summed E-state index contributed by atoms with van der Waals surface area (Å²) in [6.45, 7) is 8.28. The van der Waals surface area contributed by atoms with Crippen LogP contribution >= 0.6 is 11.8 Å². The van der Waals surface area contributed by atoms with E-state index in [1.54, 1.807) is 18.0 Å². The standard InChI is InChI=1S/C12H18N2S/c1-3-4-6-12-7-5-9-14(12)11-15-10-8-13-2/h3-4,6,8,10,12H,1-2,5,7,9,11H2/b6-4+,10-8-. The Labute approximate surface area is 96.5 Å². The Balaban J connectivity index is 2.32. The number of hydrogen-bond acceptors (Lipinski definition) is 3. The maximum atomic E-state index is 3.69. The first-order valence-electron chi connectivity index (χ1n) is 5.14. The summed E-state index contributed by atoms with van der Waals surface area (Å²) in [5.74, 6) is 1.03. The SMILES string of the molecule is C=C/C=C/C1CCCN1CS/C=C\N=C. The highest BCUT2D eigenvalue weighted by molar-refractivity contribution is 8.02. The fraction of sp³-hybridized carbons (Fsp3) is 0.417. The molecular weight excluding hydrogens is 204 g/mol. The Bertz CT molecular complexity index is 258. The zero-order valence-electron chi connectivity index (χ0n) is 9.01. The molecule has 1 aliphatic rings. The van der Waals surface area contributed by atoms with Crippen molar-refractivity contribution in [2.24, 2.45) is 4.99 Å². The third-order valence-corrected chi connectivity index (χ3v) is 3.18. The molecule has 2 nitrogen and oxygen atoms in total. The molecular formula is C12H18N2S. The number of hydrogen-bond donors (Lipinski definition) is 0. The van der Waals surface area contributed by atoms with Gasteiger partial charge in [0.25, 0.3) is 0 Å². The maximum Gasteiger partial charge on any atom is 0.0492 e. The van der Waals surface area contributed by atoms with Crippen LogP contribution in [-0.4, -0.2) is 30.1 Å². The predicted octanol–water partition coefficient (Wildman–Crippen LogP) is 3.06. The van der Waals surface area contributed by atoms with E-state index in [1.807, 2.05) is 17.6 Å². The molecule has 1 heterocycles. The number of likely N-dealkylation sites (tertiary alicyclic amines) is 1. The van der Waals surface area contributed by atoms with Crippen molar-refractivity contribution in [3.05, 3.63) is 36.4 Å². The molecule has 0 spiro atoms. The van der Waals surface area contributed by atoms with Crippen LogP contribution in [0.25, 0.3) is 0 Å². The highest BCUT2D eigenvalue weighted by atomic mass is 32.2. The van der Waals surface area contributed by atoms with E-state index >= 15 is 0 Å². The Morgan fingerprint density at radius 2 is 2.40 bits per heavy atom. The fourth-order valence-electron chi connectivity index (χ4n) is 1.66. The van der Waals surface area contributed by atoms with Gasteiger partial charge in [0.15, 0.2) is 0 Å². The summed E-state index contributed by atoms with van der Waals surface area (Å²) in [6, 6.07) is 0.584. The largest absolute Gasteiger partial charge is 0.287 e. The fourth-order valence-corrected chi connectivity index (χ4v) is 2.43. The van der Waals surface area contributed by atoms with Crippen molar-refractivity contribution in [2.75, 3.05) is 12.4 Å². The minimum atomic E-state index is 0.584. The molecule has 1 unspecified atom stereocenters. The number of rotatable bonds is 6. The van der Waals surface area contributed by atoms with Gasteiger partial charge in [-0.05, 0) is 31.5 Å². The van der Waals surface area contributed by atoms with Crippen LogP contribution in [0.5, 0.6) is 0 Å². The van der Waals surface area contributed by atoms with Gasteiger partial charge in [-0.15, -0.1) is 11.8 Å². The molecule has 0 aromatic rings. The van der Waals surface area contributed by atoms with Crippen molar-refractivity contribution in [1.82, 2.24) is 4.90 Å². The van der Waals surface area contributed by atoms with E-state index in [-0.39, 0.29) is 0 Å². The summed E-state index contributed by atoms with van der Waals surface area (Å²) in [5, 5.41) is 1.99. The second kappa shape index (κ2) is 7.49. The van der Waals surface area contributed by atoms with Gasteiger partial charge in [-0.25, -0.2) is 0 Å². The Morgan fingerprint density at radius 1 is 1.53 bits per heavy atom. The quantitative estimate of drug-likeness (QED) is 0.507. The lowest BCUT2D eigenvalue weighted by Gasteiger charge is -2.20. The molecule has 0 amide bonds. The van der Waals surface area contributed by atoms with E-state index in [1.165, 1.54) is 19.4 Å². The van der Waals surface area contributed by atoms with Crippen LogP contribution in [-0.2, 0) is 0 Å². The van der Waals surface area contributed by atoms with Crippen molar-refractivity contribution >= 4 is 18.5 Å². The lowest BCUT2D eigenvalue weighted by Crippen LogP contribution is -2.26. The van der Waals surface area contributed by atoms with E-state index in [0.717, 1.165) is 5.88 Å². The number of thioether (sulfide) groups is 1. The van der Waals surface area contributed by atoms with Crippen molar-refractivity contribution in [1.29, 1.82) is 0 Å². The zero-order valence-corrected chi connectivity index (χ0v) is 9.83. The van der Waals surface area contributed by atoms with E-state index in [0.29, 0.717) is 6.04 Å². The molecule has 1 fully saturated rings. The number of allylic oxidation sites excluding steroid dienone is 2. The van der Waals surface area contributed by atoms with Crippen LogP contribution in [0.15, 0.2) is 41.4 Å². The second-order valence-electron chi connectivity index (χ2n) is 3.41. The predicted molar refractivity (Wildman–Crippen MR) is 70.2 cm³/mol. The number of aliphatic imine (C=N–C) groups is 1. The van der Waals surface area contributed by atoms with Crippen LogP contribution in [0.3, 0.4) is 0 Å². The molecule has 15 heavy (non-hydrogen) atoms. The zero-order chi connectivity index (χ0) is 10.9. The molecule has 0 aromatic heterocycles.